The molecule has 3 aliphatic rings. The number of alkyl halides is 3. The van der Waals surface area contributed by atoms with Crippen LogP contribution in [-0.4, -0.2) is 17.8 Å². The van der Waals surface area contributed by atoms with Gasteiger partial charge < -0.3 is 20.7 Å². The Morgan fingerprint density at radius 1 is 1.05 bits per heavy atom. The number of benzene rings is 2. The number of nitrogens with one attached hydrogen (secondary N) is 3. The van der Waals surface area contributed by atoms with Gasteiger partial charge in [0.25, 0.3) is 0 Å². The molecule has 2 fully saturated rings. The van der Waals surface area contributed by atoms with Crippen LogP contribution < -0.4 is 20.7 Å². The zero-order valence-electron chi connectivity index (χ0n) is 19.0. The molecule has 1 aliphatic heterocycles. The van der Waals surface area contributed by atoms with E-state index in [-0.39, 0.29) is 40.0 Å². The highest BCUT2D eigenvalue weighted by atomic mass is 35.5. The topological polar surface area (TPSA) is 91.8 Å². The smallest absolute Gasteiger partial charge is 0.419 e. The number of carbonyl (C=O) groups is 2. The molecule has 37 heavy (non-hydrogen) atoms. The third-order valence-corrected chi connectivity index (χ3v) is 6.21. The molecule has 2 aromatic carbocycles. The molecule has 0 aromatic heterocycles. The van der Waals surface area contributed by atoms with Crippen LogP contribution in [0.3, 0.4) is 0 Å². The highest BCUT2D eigenvalue weighted by Gasteiger charge is 2.38. The van der Waals surface area contributed by atoms with Crippen molar-refractivity contribution in [2.45, 2.75) is 25.4 Å². The summed E-state index contributed by atoms with van der Waals surface area (Å²) in [5.41, 5.74) is 0.229. The second-order valence-corrected chi connectivity index (χ2v) is 9.21. The van der Waals surface area contributed by atoms with E-state index >= 15 is 0 Å². The summed E-state index contributed by atoms with van der Waals surface area (Å²) >= 11 is 6.26. The van der Waals surface area contributed by atoms with Crippen LogP contribution in [0.4, 0.5) is 33.7 Å². The molecular formula is C25H19ClF4N4O3. The first kappa shape index (κ1) is 24.8. The lowest BCUT2D eigenvalue weighted by molar-refractivity contribution is -0.140. The first-order valence-electron chi connectivity index (χ1n) is 11.3. The van der Waals surface area contributed by atoms with E-state index in [0.717, 1.165) is 36.6 Å². The van der Waals surface area contributed by atoms with Crippen LogP contribution in [0, 0.1) is 17.7 Å². The molecule has 3 N–H and O–H groups in total. The van der Waals surface area contributed by atoms with Crippen LogP contribution in [0.15, 0.2) is 64.9 Å². The quantitative estimate of drug-likeness (QED) is 0.396. The molecule has 192 valence electrons. The van der Waals surface area contributed by atoms with Gasteiger partial charge in [0.15, 0.2) is 0 Å². The van der Waals surface area contributed by atoms with Crippen molar-refractivity contribution in [3.63, 3.8) is 0 Å². The van der Waals surface area contributed by atoms with E-state index in [4.69, 9.17) is 16.3 Å². The average molecular weight is 535 g/mol. The van der Waals surface area contributed by atoms with E-state index in [1.54, 1.807) is 12.3 Å². The molecule has 1 unspecified atom stereocenters. The Bertz CT molecular complexity index is 1380. The number of anilines is 2. The number of urea groups is 1. The number of hydrogen-bond acceptors (Lipinski definition) is 4. The number of aliphatic imine (C=N–C) groups is 1. The van der Waals surface area contributed by atoms with Gasteiger partial charge in [-0.1, -0.05) is 11.6 Å². The molecule has 2 saturated carbocycles. The number of nitrogens with zero attached hydrogens (tertiary/aromatic N) is 1. The summed E-state index contributed by atoms with van der Waals surface area (Å²) in [6.07, 6.45) is 1.08. The van der Waals surface area contributed by atoms with Gasteiger partial charge in [-0.25, -0.2) is 14.2 Å². The molecule has 7 nitrogen and oxygen atoms in total. The molecule has 1 heterocycles. The molecule has 0 saturated heterocycles. The number of allylic oxidation sites excluding steroid dienone is 1. The Morgan fingerprint density at radius 3 is 2.54 bits per heavy atom. The van der Waals surface area contributed by atoms with E-state index in [0.29, 0.717) is 17.9 Å². The predicted molar refractivity (Wildman–Crippen MR) is 129 cm³/mol. The summed E-state index contributed by atoms with van der Waals surface area (Å²) in [7, 11) is 0. The van der Waals surface area contributed by atoms with Crippen molar-refractivity contribution in [3.05, 3.63) is 76.3 Å². The fourth-order valence-corrected chi connectivity index (χ4v) is 3.92. The van der Waals surface area contributed by atoms with Crippen molar-refractivity contribution < 1.29 is 31.9 Å². The number of fused-ring (bicyclic) bond motifs is 1. The van der Waals surface area contributed by atoms with Gasteiger partial charge in [0, 0.05) is 41.6 Å². The van der Waals surface area contributed by atoms with Gasteiger partial charge in [-0.3, -0.25) is 4.79 Å². The maximum Gasteiger partial charge on any atom is 0.419 e. The Hall–Kier alpha value is -3.86. The number of amides is 3. The third-order valence-electron chi connectivity index (χ3n) is 5.90. The van der Waals surface area contributed by atoms with E-state index in [1.807, 2.05) is 0 Å². The SMILES string of the molecule is O=C(Nc1ccc(F)c(C(F)(F)F)c1)Nc1ccc(OC2=NC=C3CC3C(NC(=O)C3CC3)=C2)cc1Cl. The second-order valence-electron chi connectivity index (χ2n) is 8.81. The molecule has 5 rings (SSSR count). The minimum Gasteiger partial charge on any atom is -0.439 e. The largest absolute Gasteiger partial charge is 0.439 e. The fourth-order valence-electron chi connectivity index (χ4n) is 3.70. The lowest BCUT2D eigenvalue weighted by Crippen LogP contribution is -2.26. The zero-order valence-corrected chi connectivity index (χ0v) is 19.7. The number of halogens is 5. The Kier molecular flexibility index (Phi) is 6.40. The Morgan fingerprint density at radius 2 is 1.84 bits per heavy atom. The van der Waals surface area contributed by atoms with Gasteiger partial charge >= 0.3 is 12.2 Å². The molecule has 0 bridgehead atoms. The predicted octanol–water partition coefficient (Wildman–Crippen LogP) is 6.25. The summed E-state index contributed by atoms with van der Waals surface area (Å²) in [6, 6.07) is 5.61. The highest BCUT2D eigenvalue weighted by molar-refractivity contribution is 6.34. The van der Waals surface area contributed by atoms with Crippen LogP contribution in [0.25, 0.3) is 0 Å². The van der Waals surface area contributed by atoms with E-state index in [9.17, 15) is 27.2 Å². The van der Waals surface area contributed by atoms with Crippen molar-refractivity contribution in [3.8, 4) is 5.75 Å². The minimum absolute atomic E-state index is 0.00855. The molecule has 2 aliphatic carbocycles. The third kappa shape index (κ3) is 5.93. The van der Waals surface area contributed by atoms with Crippen molar-refractivity contribution in [2.24, 2.45) is 16.8 Å². The molecule has 1 atom stereocenters. The highest BCUT2D eigenvalue weighted by Crippen LogP contribution is 2.44. The lowest BCUT2D eigenvalue weighted by Gasteiger charge is -2.13. The van der Waals surface area contributed by atoms with Gasteiger partial charge in [0.2, 0.25) is 11.8 Å². The molecule has 0 spiro atoms. The average Bonchev–Trinajstić information content (AvgIpc) is 3.72. The van der Waals surface area contributed by atoms with Crippen molar-refractivity contribution in [1.29, 1.82) is 0 Å². The molecule has 12 heteroatoms. The van der Waals surface area contributed by atoms with Gasteiger partial charge in [-0.15, -0.1) is 0 Å². The first-order chi connectivity index (χ1) is 17.6. The van der Waals surface area contributed by atoms with Crippen LogP contribution in [0.2, 0.25) is 5.02 Å². The molecule has 3 amide bonds. The van der Waals surface area contributed by atoms with Gasteiger partial charge in [-0.2, -0.15) is 13.2 Å². The normalized spacial score (nSPS) is 18.4. The Labute approximate surface area is 213 Å². The summed E-state index contributed by atoms with van der Waals surface area (Å²) in [5.74, 6) is -0.725. The van der Waals surface area contributed by atoms with Crippen molar-refractivity contribution >= 4 is 40.8 Å². The number of rotatable bonds is 5. The maximum absolute atomic E-state index is 13.5. The number of hydrogen-bond donors (Lipinski definition) is 3. The first-order valence-corrected chi connectivity index (χ1v) is 11.7. The van der Waals surface area contributed by atoms with Crippen LogP contribution >= 0.6 is 11.6 Å². The fraction of sp³-hybridized carbons (Fsp3) is 0.240. The summed E-state index contributed by atoms with van der Waals surface area (Å²) in [6.45, 7) is 0. The van der Waals surface area contributed by atoms with E-state index < -0.39 is 23.6 Å². The van der Waals surface area contributed by atoms with Crippen LogP contribution in [0.5, 0.6) is 5.75 Å². The maximum atomic E-state index is 13.5. The van der Waals surface area contributed by atoms with Crippen LogP contribution in [0.1, 0.15) is 24.8 Å². The molecular weight excluding hydrogens is 516 g/mol. The minimum atomic E-state index is -4.91. The van der Waals surface area contributed by atoms with E-state index in [1.165, 1.54) is 18.2 Å². The summed E-state index contributed by atoms with van der Waals surface area (Å²) in [5, 5.41) is 7.68. The van der Waals surface area contributed by atoms with Gasteiger partial charge in [0.05, 0.1) is 16.3 Å². The van der Waals surface area contributed by atoms with Crippen LogP contribution in [-0.2, 0) is 11.0 Å². The number of carbonyl (C=O) groups excluding carboxylic acids is 2. The zero-order chi connectivity index (χ0) is 26.3. The summed E-state index contributed by atoms with van der Waals surface area (Å²) < 4.78 is 57.9. The van der Waals surface area contributed by atoms with Crippen molar-refractivity contribution in [1.82, 2.24) is 5.32 Å². The Balaban J connectivity index is 1.24. The van der Waals surface area contributed by atoms with Gasteiger partial charge in [-0.05, 0) is 55.2 Å². The second kappa shape index (κ2) is 9.55. The molecule has 2 aromatic rings. The number of ether oxygens (including phenoxy) is 1. The van der Waals surface area contributed by atoms with Crippen molar-refractivity contribution in [2.75, 3.05) is 10.6 Å². The standard InChI is InChI=1S/C25H19ClF4N4O3/c26-18-9-15(37-22-10-21(16-7-13(16)11-31-22)33-23(35)12-1-2-12)4-6-20(18)34-24(36)32-14-3-5-19(27)17(8-14)25(28,29)30/h3-6,8-12,16H,1-2,7H2,(H,33,35)(H2,32,34,36). The van der Waals surface area contributed by atoms with Gasteiger partial charge in [0.1, 0.15) is 11.6 Å². The van der Waals surface area contributed by atoms with E-state index in [2.05, 4.69) is 20.9 Å². The monoisotopic (exact) mass is 534 g/mol. The lowest BCUT2D eigenvalue weighted by atomic mass is 10.2. The molecule has 0 radical (unpaired) electrons. The summed E-state index contributed by atoms with van der Waals surface area (Å²) in [4.78, 5) is 28.8.